The van der Waals surface area contributed by atoms with Crippen LogP contribution in [0.3, 0.4) is 0 Å². The van der Waals surface area contributed by atoms with Crippen molar-refractivity contribution in [2.75, 3.05) is 13.2 Å². The van der Waals surface area contributed by atoms with E-state index in [-0.39, 0.29) is 25.9 Å². The number of carboxylic acid groups (broad SMARTS) is 1. The second kappa shape index (κ2) is 58.3. The summed E-state index contributed by atoms with van der Waals surface area (Å²) >= 11 is 0. The molecule has 0 radical (unpaired) electrons. The second-order valence-corrected chi connectivity index (χ2v) is 22.7. The van der Waals surface area contributed by atoms with Crippen molar-refractivity contribution in [1.29, 1.82) is 0 Å². The number of allylic oxidation sites excluding steroid dienone is 14. The highest BCUT2D eigenvalue weighted by Gasteiger charge is 2.50. The summed E-state index contributed by atoms with van der Waals surface area (Å²) in [5.74, 6) is -3.14. The first-order valence-corrected chi connectivity index (χ1v) is 33.6. The molecule has 0 aromatic heterocycles. The van der Waals surface area contributed by atoms with E-state index in [0.29, 0.717) is 19.3 Å². The molecule has 1 saturated heterocycles. The van der Waals surface area contributed by atoms with Crippen molar-refractivity contribution in [3.8, 4) is 0 Å². The van der Waals surface area contributed by atoms with Gasteiger partial charge in [0.2, 0.25) is 0 Å². The number of hydrogen-bond donors (Lipinski definition) is 3. The third kappa shape index (κ3) is 47.8. The predicted octanol–water partition coefficient (Wildman–Crippen LogP) is 18.2. The number of hydrogen-bond acceptors (Lipinski definition) is 11. The largest absolute Gasteiger partial charge is 0.479 e. The standard InChI is InChI=1S/C71H120O12/c1-4-7-10-13-16-19-22-25-28-31-32-35-36-39-42-45-48-51-54-57-63(72)79-60-62(81-64(73)58-55-52-49-46-43-40-37-33-29-26-23-20-17-14-11-8-5-2)61-80-71-69(67(76)66(75)68(83-71)70(77)78)82-65(74)59-56-53-50-47-44-41-38-34-30-27-24-21-18-15-12-9-6-3/h9,12,16-21,25-30,62,66-69,71,75-76H,4-8,10-11,13-15,22-24,31-61H2,1-3H3,(H,77,78)/b12-9-,19-16-,20-17-,21-18-,28-25-,29-26-,30-27-. The maximum atomic E-state index is 13.2. The fourth-order valence-corrected chi connectivity index (χ4v) is 9.80. The Morgan fingerprint density at radius 3 is 1.16 bits per heavy atom. The highest BCUT2D eigenvalue weighted by Crippen LogP contribution is 2.27. The first-order valence-electron chi connectivity index (χ1n) is 33.6. The number of aliphatic carboxylic acids is 1. The lowest BCUT2D eigenvalue weighted by atomic mass is 9.98. The third-order valence-corrected chi connectivity index (χ3v) is 14.9. The molecule has 83 heavy (non-hydrogen) atoms. The number of unbranched alkanes of at least 4 members (excludes halogenated alkanes) is 29. The van der Waals surface area contributed by atoms with Crippen molar-refractivity contribution >= 4 is 23.9 Å². The smallest absolute Gasteiger partial charge is 0.335 e. The lowest BCUT2D eigenvalue weighted by Gasteiger charge is -2.40. The molecule has 0 aromatic carbocycles. The predicted molar refractivity (Wildman–Crippen MR) is 340 cm³/mol. The zero-order chi connectivity index (χ0) is 60.3. The number of carbonyl (C=O) groups is 4. The van der Waals surface area contributed by atoms with Crippen LogP contribution in [-0.2, 0) is 42.9 Å². The molecule has 1 fully saturated rings. The van der Waals surface area contributed by atoms with Crippen LogP contribution in [0.1, 0.15) is 290 Å². The number of carbonyl (C=O) groups excluding carboxylic acids is 3. The summed E-state index contributed by atoms with van der Waals surface area (Å²) in [6, 6.07) is 0. The molecule has 3 N–H and O–H groups in total. The number of carboxylic acids is 1. The van der Waals surface area contributed by atoms with Gasteiger partial charge in [0.1, 0.15) is 18.8 Å². The minimum absolute atomic E-state index is 0.0458. The van der Waals surface area contributed by atoms with Crippen molar-refractivity contribution in [2.45, 2.75) is 327 Å². The van der Waals surface area contributed by atoms with Crippen molar-refractivity contribution in [3.05, 3.63) is 85.1 Å². The van der Waals surface area contributed by atoms with E-state index < -0.39 is 67.3 Å². The van der Waals surface area contributed by atoms with Gasteiger partial charge in [-0.25, -0.2) is 4.79 Å². The first kappa shape index (κ1) is 76.9. The SMILES string of the molecule is CC/C=C\C/C=C\C/C=C\CCCCCCCCCC(=O)OC1C(OCC(COC(=O)CCCCCCCCCCC/C=C\C/C=C\CCCCC)OC(=O)CCCCCCCCC/C=C\C/C=C\CCCCC)OC(C(=O)O)C(O)C1O. The first-order chi connectivity index (χ1) is 40.6. The molecule has 1 heterocycles. The number of ether oxygens (including phenoxy) is 5. The van der Waals surface area contributed by atoms with Crippen LogP contribution in [-0.4, -0.2) is 89.2 Å². The van der Waals surface area contributed by atoms with Crippen molar-refractivity contribution in [3.63, 3.8) is 0 Å². The number of aliphatic hydroxyl groups is 2. The molecule has 0 saturated carbocycles. The van der Waals surface area contributed by atoms with Crippen molar-refractivity contribution in [2.24, 2.45) is 0 Å². The molecule has 1 aliphatic heterocycles. The van der Waals surface area contributed by atoms with Gasteiger partial charge in [-0.2, -0.15) is 0 Å². The van der Waals surface area contributed by atoms with Gasteiger partial charge in [0.15, 0.2) is 24.6 Å². The summed E-state index contributed by atoms with van der Waals surface area (Å²) in [5.41, 5.74) is 0. The highest BCUT2D eigenvalue weighted by atomic mass is 16.7. The van der Waals surface area contributed by atoms with Crippen LogP contribution in [0.4, 0.5) is 0 Å². The molecular weight excluding hydrogens is 1040 g/mol. The zero-order valence-corrected chi connectivity index (χ0v) is 52.7. The Kier molecular flexibility index (Phi) is 54.0. The molecule has 0 bridgehead atoms. The molecule has 12 heteroatoms. The lowest BCUT2D eigenvalue weighted by molar-refractivity contribution is -0.301. The van der Waals surface area contributed by atoms with Crippen LogP contribution in [0.2, 0.25) is 0 Å². The molecular formula is C71H120O12. The van der Waals surface area contributed by atoms with E-state index >= 15 is 0 Å². The molecule has 12 nitrogen and oxygen atoms in total. The summed E-state index contributed by atoms with van der Waals surface area (Å²) in [5, 5.41) is 31.6. The maximum Gasteiger partial charge on any atom is 0.335 e. The number of esters is 3. The monoisotopic (exact) mass is 1160 g/mol. The summed E-state index contributed by atoms with van der Waals surface area (Å²) in [4.78, 5) is 51.4. The van der Waals surface area contributed by atoms with Crippen LogP contribution in [0, 0.1) is 0 Å². The van der Waals surface area contributed by atoms with Crippen LogP contribution in [0.15, 0.2) is 85.1 Å². The molecule has 6 unspecified atom stereocenters. The Morgan fingerprint density at radius 2 is 0.759 bits per heavy atom. The molecule has 0 spiro atoms. The van der Waals surface area contributed by atoms with Crippen LogP contribution >= 0.6 is 0 Å². The van der Waals surface area contributed by atoms with Gasteiger partial charge in [-0.3, -0.25) is 14.4 Å². The van der Waals surface area contributed by atoms with Crippen LogP contribution in [0.5, 0.6) is 0 Å². The Labute approximate surface area is 505 Å². The maximum absolute atomic E-state index is 13.2. The highest BCUT2D eigenvalue weighted by molar-refractivity contribution is 5.74. The Hall–Kier alpha value is -4.10. The third-order valence-electron chi connectivity index (χ3n) is 14.9. The van der Waals surface area contributed by atoms with Gasteiger partial charge in [-0.15, -0.1) is 0 Å². The molecule has 0 amide bonds. The zero-order valence-electron chi connectivity index (χ0n) is 52.7. The molecule has 0 aromatic rings. The average Bonchev–Trinajstić information content (AvgIpc) is 3.55. The second-order valence-electron chi connectivity index (χ2n) is 22.7. The van der Waals surface area contributed by atoms with E-state index in [9.17, 15) is 34.5 Å². The van der Waals surface area contributed by atoms with Gasteiger partial charge in [-0.1, -0.05) is 241 Å². The number of rotatable bonds is 57. The van der Waals surface area contributed by atoms with Gasteiger partial charge < -0.3 is 39.0 Å². The number of aliphatic hydroxyl groups excluding tert-OH is 2. The average molecular weight is 1170 g/mol. The summed E-state index contributed by atoms with van der Waals surface area (Å²) in [6.45, 7) is 5.85. The van der Waals surface area contributed by atoms with E-state index in [4.69, 9.17) is 23.7 Å². The summed E-state index contributed by atoms with van der Waals surface area (Å²) in [7, 11) is 0. The van der Waals surface area contributed by atoms with Crippen LogP contribution in [0.25, 0.3) is 0 Å². The molecule has 1 rings (SSSR count). The lowest BCUT2D eigenvalue weighted by Crippen LogP contribution is -2.61. The fraction of sp³-hybridized carbons (Fsp3) is 0.746. The van der Waals surface area contributed by atoms with E-state index in [2.05, 4.69) is 106 Å². The molecule has 0 aliphatic carbocycles. The van der Waals surface area contributed by atoms with Gasteiger partial charge in [-0.05, 0) is 116 Å². The quantitative estimate of drug-likeness (QED) is 0.0228. The molecule has 1 aliphatic rings. The van der Waals surface area contributed by atoms with Crippen LogP contribution < -0.4 is 0 Å². The van der Waals surface area contributed by atoms with Crippen molar-refractivity contribution < 1.29 is 58.2 Å². The molecule has 6 atom stereocenters. The summed E-state index contributed by atoms with van der Waals surface area (Å²) < 4.78 is 28.6. The Balaban J connectivity index is 2.66. The fourth-order valence-electron chi connectivity index (χ4n) is 9.80. The van der Waals surface area contributed by atoms with Gasteiger partial charge in [0, 0.05) is 19.3 Å². The Morgan fingerprint density at radius 1 is 0.410 bits per heavy atom. The van der Waals surface area contributed by atoms with E-state index in [1.807, 2.05) is 0 Å². The normalized spacial score (nSPS) is 18.1. The van der Waals surface area contributed by atoms with Gasteiger partial charge >= 0.3 is 23.9 Å². The Bertz CT molecular complexity index is 1760. The van der Waals surface area contributed by atoms with E-state index in [1.54, 1.807) is 0 Å². The van der Waals surface area contributed by atoms with Gasteiger partial charge in [0.25, 0.3) is 0 Å². The molecule has 476 valence electrons. The topological polar surface area (TPSA) is 175 Å². The van der Waals surface area contributed by atoms with E-state index in [0.717, 1.165) is 141 Å². The van der Waals surface area contributed by atoms with Gasteiger partial charge in [0.05, 0.1) is 6.61 Å². The van der Waals surface area contributed by atoms with Crippen molar-refractivity contribution in [1.82, 2.24) is 0 Å². The van der Waals surface area contributed by atoms with E-state index in [1.165, 1.54) is 89.9 Å². The summed E-state index contributed by atoms with van der Waals surface area (Å²) in [6.07, 6.45) is 63.8. The minimum atomic E-state index is -1.91. The minimum Gasteiger partial charge on any atom is -0.479 e.